The summed E-state index contributed by atoms with van der Waals surface area (Å²) in [5.74, 6) is 1.23. The van der Waals surface area contributed by atoms with Crippen LogP contribution in [0.2, 0.25) is 0 Å². The lowest BCUT2D eigenvalue weighted by molar-refractivity contribution is 0.673. The van der Waals surface area contributed by atoms with Gasteiger partial charge in [-0.25, -0.2) is 9.97 Å². The molecule has 290 valence electrons. The molecule has 1 fully saturated rings. The van der Waals surface area contributed by atoms with Gasteiger partial charge in [0, 0.05) is 54.7 Å². The molecule has 0 N–H and O–H groups in total. The van der Waals surface area contributed by atoms with Gasteiger partial charge < -0.3 is 13.6 Å². The van der Waals surface area contributed by atoms with E-state index in [0.29, 0.717) is 5.92 Å². The fraction of sp³-hybridized carbons (Fsp3) is 0.0526. The van der Waals surface area contributed by atoms with E-state index in [1.165, 1.54) is 21.9 Å². The Kier molecular flexibility index (Phi) is 6.81. The molecule has 2 unspecified atom stereocenters. The second-order valence-electron chi connectivity index (χ2n) is 17.0. The maximum Gasteiger partial charge on any atom is 0.160 e. The molecule has 5 heteroatoms. The molecule has 62 heavy (non-hydrogen) atoms. The molecular formula is C57H36N4O. The lowest BCUT2D eigenvalue weighted by Gasteiger charge is -2.17. The Bertz CT molecular complexity index is 3900. The lowest BCUT2D eigenvalue weighted by Crippen LogP contribution is -2.12. The number of aromatic nitrogens is 4. The molecule has 0 radical (unpaired) electrons. The van der Waals surface area contributed by atoms with Crippen LogP contribution in [0.1, 0.15) is 12.1 Å². The average molecular weight is 793 g/mol. The maximum atomic E-state index is 6.81. The van der Waals surface area contributed by atoms with Gasteiger partial charge in [0.1, 0.15) is 11.2 Å². The van der Waals surface area contributed by atoms with Crippen LogP contribution in [0, 0.1) is 5.92 Å². The number of benzene rings is 8. The van der Waals surface area contributed by atoms with E-state index < -0.39 is 0 Å². The first-order valence-corrected chi connectivity index (χ1v) is 21.4. The van der Waals surface area contributed by atoms with Crippen molar-refractivity contribution in [1.82, 2.24) is 19.1 Å². The highest BCUT2D eigenvalue weighted by molar-refractivity contribution is 6.29. The molecule has 14 rings (SSSR count). The predicted molar refractivity (Wildman–Crippen MR) is 254 cm³/mol. The number of rotatable bonds is 5. The highest BCUT2D eigenvalue weighted by Gasteiger charge is 2.54. The summed E-state index contributed by atoms with van der Waals surface area (Å²) in [5.41, 5.74) is 13.8. The van der Waals surface area contributed by atoms with E-state index >= 15 is 0 Å². The first-order valence-electron chi connectivity index (χ1n) is 21.4. The average Bonchev–Trinajstić information content (AvgIpc) is 3.63. The summed E-state index contributed by atoms with van der Waals surface area (Å²) < 4.78 is 11.7. The van der Waals surface area contributed by atoms with Crippen molar-refractivity contribution in [1.29, 1.82) is 0 Å². The number of fused-ring (bicyclic) bond motifs is 13. The van der Waals surface area contributed by atoms with Crippen molar-refractivity contribution < 1.29 is 4.42 Å². The second-order valence-corrected chi connectivity index (χ2v) is 17.0. The van der Waals surface area contributed by atoms with Gasteiger partial charge in [-0.2, -0.15) is 0 Å². The van der Waals surface area contributed by atoms with Gasteiger partial charge in [-0.1, -0.05) is 133 Å². The van der Waals surface area contributed by atoms with E-state index in [-0.39, 0.29) is 5.41 Å². The summed E-state index contributed by atoms with van der Waals surface area (Å²) in [6.45, 7) is 0. The molecule has 12 aromatic rings. The minimum atomic E-state index is -0.0681. The SMILES string of the molecule is C1=CC2CC2(c2nc(-c3ccc(-n4c5ccc6c7ccccc7oc6c5c5ccc6c7ccccc7n(-c7cccc(-c8ccccc8)c7)c6c54)cc3)nc3ccccc23)C=C1. The molecule has 4 aromatic heterocycles. The Morgan fingerprint density at radius 3 is 2.11 bits per heavy atom. The number of allylic oxidation sites excluding steroid dienone is 4. The summed E-state index contributed by atoms with van der Waals surface area (Å²) in [5, 5.41) is 8.01. The van der Waals surface area contributed by atoms with Gasteiger partial charge >= 0.3 is 0 Å². The Balaban J connectivity index is 1.05. The topological polar surface area (TPSA) is 48.8 Å². The molecule has 8 aromatic carbocycles. The molecule has 2 aliphatic carbocycles. The highest BCUT2D eigenvalue weighted by atomic mass is 16.3. The quantitative estimate of drug-likeness (QED) is 0.174. The summed E-state index contributed by atoms with van der Waals surface area (Å²) >= 11 is 0. The lowest BCUT2D eigenvalue weighted by atomic mass is 9.92. The minimum absolute atomic E-state index is 0.0681. The van der Waals surface area contributed by atoms with Crippen molar-refractivity contribution in [3.05, 3.63) is 206 Å². The van der Waals surface area contributed by atoms with Crippen molar-refractivity contribution in [2.24, 2.45) is 5.92 Å². The molecule has 0 bridgehead atoms. The van der Waals surface area contributed by atoms with Gasteiger partial charge in [0.2, 0.25) is 0 Å². The van der Waals surface area contributed by atoms with Crippen LogP contribution in [0.25, 0.3) is 110 Å². The minimum Gasteiger partial charge on any atom is -0.455 e. The molecular weight excluding hydrogens is 757 g/mol. The van der Waals surface area contributed by atoms with Gasteiger partial charge in [-0.15, -0.1) is 0 Å². The molecule has 2 atom stereocenters. The van der Waals surface area contributed by atoms with E-state index in [1.807, 2.05) is 6.07 Å². The van der Waals surface area contributed by atoms with Crippen LogP contribution in [0.3, 0.4) is 0 Å². The van der Waals surface area contributed by atoms with Crippen LogP contribution in [-0.4, -0.2) is 19.1 Å². The molecule has 5 nitrogen and oxygen atoms in total. The second kappa shape index (κ2) is 12.5. The maximum absolute atomic E-state index is 6.81. The van der Waals surface area contributed by atoms with Crippen LogP contribution in [0.4, 0.5) is 0 Å². The fourth-order valence-corrected chi connectivity index (χ4v) is 10.6. The van der Waals surface area contributed by atoms with Crippen LogP contribution in [-0.2, 0) is 5.41 Å². The van der Waals surface area contributed by atoms with Gasteiger partial charge in [0.05, 0.1) is 38.7 Å². The first-order chi connectivity index (χ1) is 30.7. The summed E-state index contributed by atoms with van der Waals surface area (Å²) in [4.78, 5) is 10.5. The van der Waals surface area contributed by atoms with Crippen LogP contribution >= 0.6 is 0 Å². The number of para-hydroxylation sites is 3. The molecule has 0 amide bonds. The first kappa shape index (κ1) is 33.8. The highest BCUT2D eigenvalue weighted by Crippen LogP contribution is 2.58. The Labute approximate surface area is 356 Å². The monoisotopic (exact) mass is 792 g/mol. The molecule has 0 spiro atoms. The Morgan fingerprint density at radius 1 is 0.500 bits per heavy atom. The predicted octanol–water partition coefficient (Wildman–Crippen LogP) is 14.4. The van der Waals surface area contributed by atoms with E-state index in [2.05, 4.69) is 203 Å². The van der Waals surface area contributed by atoms with Crippen LogP contribution in [0.5, 0.6) is 0 Å². The van der Waals surface area contributed by atoms with E-state index in [0.717, 1.165) is 101 Å². The molecule has 4 heterocycles. The third kappa shape index (κ3) is 4.68. The zero-order valence-electron chi connectivity index (χ0n) is 33.5. The van der Waals surface area contributed by atoms with Crippen molar-refractivity contribution in [2.75, 3.05) is 0 Å². The van der Waals surface area contributed by atoms with E-state index in [1.54, 1.807) is 0 Å². The van der Waals surface area contributed by atoms with Crippen molar-refractivity contribution in [2.45, 2.75) is 11.8 Å². The number of nitrogens with zero attached hydrogens (tertiary/aromatic N) is 4. The standard InChI is InChI=1S/C57H36N4O/c1-2-13-35(14-3-1)37-15-12-17-40(33-37)61-48-22-8-5-18-41(48)43-28-29-46-51-49(31-30-44-42-19-6-9-23-50(42)62-54(44)51)60(53(46)52(43)61)39-26-24-36(25-27-39)56-58-47-21-7-4-20-45(47)55(59-56)57-32-11-10-16-38(57)34-57/h1-33,38H,34H2. The normalized spacial score (nSPS) is 17.1. The van der Waals surface area contributed by atoms with Crippen molar-refractivity contribution >= 4 is 76.5 Å². The third-order valence-electron chi connectivity index (χ3n) is 13.6. The summed E-state index contributed by atoms with van der Waals surface area (Å²) in [6.07, 6.45) is 10.1. The van der Waals surface area contributed by atoms with Gasteiger partial charge in [-0.05, 0) is 90.2 Å². The summed E-state index contributed by atoms with van der Waals surface area (Å²) in [7, 11) is 0. The molecule has 0 aliphatic heterocycles. The Morgan fingerprint density at radius 2 is 1.23 bits per heavy atom. The Hall–Kier alpha value is -8.02. The number of hydrogen-bond acceptors (Lipinski definition) is 3. The van der Waals surface area contributed by atoms with Gasteiger partial charge in [-0.3, -0.25) is 0 Å². The number of furan rings is 1. The third-order valence-corrected chi connectivity index (χ3v) is 13.6. The molecule has 1 saturated carbocycles. The zero-order chi connectivity index (χ0) is 40.5. The van der Waals surface area contributed by atoms with Gasteiger partial charge in [0.15, 0.2) is 5.82 Å². The van der Waals surface area contributed by atoms with E-state index in [9.17, 15) is 0 Å². The smallest absolute Gasteiger partial charge is 0.160 e. The van der Waals surface area contributed by atoms with Gasteiger partial charge in [0.25, 0.3) is 0 Å². The van der Waals surface area contributed by atoms with Crippen molar-refractivity contribution in [3.8, 4) is 33.9 Å². The molecule has 0 saturated heterocycles. The summed E-state index contributed by atoms with van der Waals surface area (Å²) in [6, 6.07) is 63.2. The van der Waals surface area contributed by atoms with E-state index in [4.69, 9.17) is 14.4 Å². The van der Waals surface area contributed by atoms with Crippen LogP contribution < -0.4 is 0 Å². The molecule has 2 aliphatic rings. The number of hydrogen-bond donors (Lipinski definition) is 0. The largest absolute Gasteiger partial charge is 0.455 e. The van der Waals surface area contributed by atoms with Crippen LogP contribution in [0.15, 0.2) is 205 Å². The van der Waals surface area contributed by atoms with Crippen molar-refractivity contribution in [3.63, 3.8) is 0 Å². The fourth-order valence-electron chi connectivity index (χ4n) is 10.6. The zero-order valence-corrected chi connectivity index (χ0v) is 33.5.